The van der Waals surface area contributed by atoms with Gasteiger partial charge in [-0.25, -0.2) is 9.78 Å². The second-order valence-electron chi connectivity index (χ2n) is 9.92. The fourth-order valence-corrected chi connectivity index (χ4v) is 5.45. The quantitative estimate of drug-likeness (QED) is 0.206. The Kier molecular flexibility index (Phi) is 10.5. The number of benzene rings is 2. The Morgan fingerprint density at radius 2 is 1.86 bits per heavy atom. The van der Waals surface area contributed by atoms with Crippen molar-refractivity contribution in [2.75, 3.05) is 36.8 Å². The normalized spacial score (nSPS) is 17.0. The van der Waals surface area contributed by atoms with Crippen molar-refractivity contribution in [2.24, 2.45) is 4.99 Å². The second kappa shape index (κ2) is 14.5. The Labute approximate surface area is 256 Å². The summed E-state index contributed by atoms with van der Waals surface area (Å²) < 4.78 is 2.16. The predicted octanol–water partition coefficient (Wildman–Crippen LogP) is 6.04. The van der Waals surface area contributed by atoms with Gasteiger partial charge in [0, 0.05) is 62.3 Å². The van der Waals surface area contributed by atoms with E-state index in [1.807, 2.05) is 30.4 Å². The van der Waals surface area contributed by atoms with Crippen LogP contribution >= 0.6 is 15.9 Å². The average Bonchev–Trinajstić information content (AvgIpc) is 3.39. The molecule has 2 aromatic carbocycles. The minimum atomic E-state index is -0.130. The van der Waals surface area contributed by atoms with Crippen LogP contribution in [0.15, 0.2) is 82.8 Å². The van der Waals surface area contributed by atoms with E-state index in [1.54, 1.807) is 24.3 Å². The van der Waals surface area contributed by atoms with Crippen LogP contribution in [0.3, 0.4) is 0 Å². The first-order chi connectivity index (χ1) is 20.5. The van der Waals surface area contributed by atoms with Crippen LogP contribution in [0.4, 0.5) is 10.5 Å². The maximum absolute atomic E-state index is 13.0. The molecule has 1 aliphatic heterocycles. The Hall–Kier alpha value is -4.44. The van der Waals surface area contributed by atoms with Crippen LogP contribution in [0.2, 0.25) is 0 Å². The van der Waals surface area contributed by atoms with Gasteiger partial charge in [0.1, 0.15) is 5.82 Å². The number of aryl methyl sites for hydroxylation is 1. The summed E-state index contributed by atoms with van der Waals surface area (Å²) >= 11 is 3.52. The largest absolute Gasteiger partial charge is 0.331 e. The number of anilines is 1. The van der Waals surface area contributed by atoms with Crippen molar-refractivity contribution in [1.82, 2.24) is 19.4 Å². The number of halogens is 1. The molecule has 1 fully saturated rings. The smallest absolute Gasteiger partial charge is 0.321 e. The van der Waals surface area contributed by atoms with Crippen molar-refractivity contribution in [2.45, 2.75) is 26.4 Å². The van der Waals surface area contributed by atoms with Crippen molar-refractivity contribution in [1.29, 1.82) is 5.26 Å². The van der Waals surface area contributed by atoms with Crippen LogP contribution in [0, 0.1) is 31.1 Å². The zero-order chi connectivity index (χ0) is 30.1. The number of carbonyl (C=O) groups excluding carboxylic acids is 1. The summed E-state index contributed by atoms with van der Waals surface area (Å²) in [6.07, 6.45) is 16.1. The van der Waals surface area contributed by atoms with Crippen molar-refractivity contribution in [3.05, 3.63) is 100 Å². The van der Waals surface area contributed by atoms with Gasteiger partial charge in [-0.05, 0) is 66.5 Å². The highest BCUT2D eigenvalue weighted by molar-refractivity contribution is 9.09. The van der Waals surface area contributed by atoms with E-state index in [9.17, 15) is 4.79 Å². The fraction of sp³-hybridized carbons (Fsp3) is 0.273. The van der Waals surface area contributed by atoms with E-state index in [4.69, 9.17) is 10.3 Å². The van der Waals surface area contributed by atoms with Gasteiger partial charge in [-0.1, -0.05) is 40.2 Å². The number of hydrogen-bond donors (Lipinski definition) is 1. The van der Waals surface area contributed by atoms with Gasteiger partial charge in [0.25, 0.3) is 0 Å². The molecule has 0 saturated carbocycles. The topological polar surface area (TPSA) is 89.5 Å². The van der Waals surface area contributed by atoms with Crippen molar-refractivity contribution < 1.29 is 4.79 Å². The highest BCUT2D eigenvalue weighted by Gasteiger charge is 2.33. The summed E-state index contributed by atoms with van der Waals surface area (Å²) in [6.45, 7) is 7.54. The number of terminal acetylenes is 1. The fourth-order valence-electron chi connectivity index (χ4n) is 5.31. The summed E-state index contributed by atoms with van der Waals surface area (Å²) in [4.78, 5) is 26.7. The molecule has 42 heavy (non-hydrogen) atoms. The summed E-state index contributed by atoms with van der Waals surface area (Å²) in [5, 5.41) is 12.7. The van der Waals surface area contributed by atoms with Gasteiger partial charge >= 0.3 is 6.03 Å². The molecule has 0 spiro atoms. The van der Waals surface area contributed by atoms with E-state index in [1.165, 1.54) is 16.7 Å². The van der Waals surface area contributed by atoms with Gasteiger partial charge in [-0.3, -0.25) is 9.89 Å². The molecule has 9 heteroatoms. The number of nitrogens with one attached hydrogen (secondary N) is 1. The van der Waals surface area contributed by atoms with Gasteiger partial charge in [0.05, 0.1) is 23.4 Å². The van der Waals surface area contributed by atoms with E-state index in [0.29, 0.717) is 29.7 Å². The molecule has 214 valence electrons. The highest BCUT2D eigenvalue weighted by Crippen LogP contribution is 2.40. The summed E-state index contributed by atoms with van der Waals surface area (Å²) in [7, 11) is 0. The lowest BCUT2D eigenvalue weighted by Gasteiger charge is -2.40. The zero-order valence-corrected chi connectivity index (χ0v) is 25.5. The van der Waals surface area contributed by atoms with Crippen LogP contribution in [0.5, 0.6) is 0 Å². The van der Waals surface area contributed by atoms with Gasteiger partial charge < -0.3 is 14.8 Å². The third-order valence-corrected chi connectivity index (χ3v) is 7.83. The molecule has 1 unspecified atom stereocenters. The molecular weight excluding hydrogens is 590 g/mol. The molecule has 1 atom stereocenters. The summed E-state index contributed by atoms with van der Waals surface area (Å²) in [5.41, 5.74) is 7.05. The van der Waals surface area contributed by atoms with E-state index in [0.717, 1.165) is 36.7 Å². The number of fused-ring (bicyclic) bond motifs is 1. The first kappa shape index (κ1) is 30.5. The number of hydrogen-bond acceptors (Lipinski definition) is 5. The lowest BCUT2D eigenvalue weighted by Crippen LogP contribution is -2.51. The number of nitriles is 1. The second-order valence-corrected chi connectivity index (χ2v) is 10.6. The first-order valence-electron chi connectivity index (χ1n) is 13.7. The van der Waals surface area contributed by atoms with Gasteiger partial charge in [-0.15, -0.1) is 12.8 Å². The average molecular weight is 625 g/mol. The standard InChI is InChI=1S/C31H32BrN7O.C2H2/c1-22-26(21-39-14-13-34-23(39)2)19-25-5-3-4-6-28(25)30(29(22)35-12-11-32)37-15-17-38(18-16-37)31(40)36-27-9-7-24(20-33)8-10-27;1-2/h3-10,12-14,19,30H,11,15-18,21H2,1-2H3,(H,36,40);1-2H. The SMILES string of the molecule is C#C.CC1=C(N=CCBr)C(N2CCN(C(=O)Nc3ccc(C#N)cc3)CC2)c2ccccc2C=C1Cn1ccnc1C. The van der Waals surface area contributed by atoms with Crippen LogP contribution in [0.25, 0.3) is 6.08 Å². The molecule has 5 rings (SSSR count). The molecule has 0 bridgehead atoms. The van der Waals surface area contributed by atoms with Gasteiger partial charge in [0.15, 0.2) is 0 Å². The number of imidazole rings is 1. The van der Waals surface area contributed by atoms with E-state index in [-0.39, 0.29) is 12.1 Å². The Morgan fingerprint density at radius 1 is 1.14 bits per heavy atom. The van der Waals surface area contributed by atoms with Gasteiger partial charge in [-0.2, -0.15) is 5.26 Å². The van der Waals surface area contributed by atoms with Crippen LogP contribution < -0.4 is 5.32 Å². The number of piperazine rings is 1. The number of aromatic nitrogens is 2. The lowest BCUT2D eigenvalue weighted by molar-refractivity contribution is 0.124. The molecule has 3 aromatic rings. The zero-order valence-electron chi connectivity index (χ0n) is 23.9. The molecule has 2 aliphatic rings. The molecule has 1 N–H and O–H groups in total. The molecular formula is C33H34BrN7O. The molecule has 8 nitrogen and oxygen atoms in total. The molecule has 2 heterocycles. The maximum atomic E-state index is 13.0. The van der Waals surface area contributed by atoms with Gasteiger partial charge in [0.2, 0.25) is 0 Å². The Bertz CT molecular complexity index is 1550. The maximum Gasteiger partial charge on any atom is 0.321 e. The summed E-state index contributed by atoms with van der Waals surface area (Å²) in [5.74, 6) is 0.976. The number of allylic oxidation sites excluding steroid dienone is 2. The van der Waals surface area contributed by atoms with E-state index < -0.39 is 0 Å². The van der Waals surface area contributed by atoms with E-state index in [2.05, 4.69) is 91.9 Å². The minimum Gasteiger partial charge on any atom is -0.331 e. The Balaban J connectivity index is 0.00000198. The number of amides is 2. The third kappa shape index (κ3) is 6.88. The summed E-state index contributed by atoms with van der Waals surface area (Å²) in [6, 6.07) is 17.4. The third-order valence-electron chi connectivity index (χ3n) is 7.54. The van der Waals surface area contributed by atoms with Crippen molar-refractivity contribution >= 4 is 39.9 Å². The molecule has 0 radical (unpaired) electrons. The van der Waals surface area contributed by atoms with Crippen LogP contribution in [-0.4, -0.2) is 63.1 Å². The lowest BCUT2D eigenvalue weighted by atomic mass is 9.96. The van der Waals surface area contributed by atoms with Crippen LogP contribution in [-0.2, 0) is 6.54 Å². The molecule has 1 saturated heterocycles. The monoisotopic (exact) mass is 623 g/mol. The number of carbonyl (C=O) groups is 1. The number of aliphatic imine (C=N–C) groups is 1. The number of nitrogens with zero attached hydrogens (tertiary/aromatic N) is 6. The molecule has 1 aromatic heterocycles. The first-order valence-corrected chi connectivity index (χ1v) is 14.8. The predicted molar refractivity (Wildman–Crippen MR) is 172 cm³/mol. The van der Waals surface area contributed by atoms with Crippen molar-refractivity contribution in [3.8, 4) is 18.9 Å². The number of urea groups is 1. The van der Waals surface area contributed by atoms with E-state index >= 15 is 0 Å². The molecule has 1 aliphatic carbocycles. The molecule has 2 amide bonds. The number of alkyl halides is 1. The minimum absolute atomic E-state index is 0.0344. The van der Waals surface area contributed by atoms with Crippen molar-refractivity contribution in [3.63, 3.8) is 0 Å². The Morgan fingerprint density at radius 3 is 2.50 bits per heavy atom. The highest BCUT2D eigenvalue weighted by atomic mass is 79.9. The number of rotatable bonds is 6. The van der Waals surface area contributed by atoms with Crippen LogP contribution in [0.1, 0.15) is 35.5 Å².